The van der Waals surface area contributed by atoms with E-state index in [2.05, 4.69) is 308 Å². The Morgan fingerprint density at radius 3 is 1.56 bits per heavy atom. The quantitative estimate of drug-likeness (QED) is 0.135. The zero-order chi connectivity index (χ0) is 48.7. The summed E-state index contributed by atoms with van der Waals surface area (Å²) in [5.74, 6) is 0.794. The minimum Gasteiger partial charge on any atom is -0.333 e. The molecule has 0 saturated carbocycles. The molecule has 9 aromatic carbocycles. The third kappa shape index (κ3) is 8.12. The maximum absolute atomic E-state index is 2.52. The second-order valence-electron chi connectivity index (χ2n) is 19.8. The number of hydrogen-bond acceptors (Lipinski definition) is 2. The van der Waals surface area contributed by atoms with E-state index < -0.39 is 0 Å². The monoisotopic (exact) mass is 934 g/mol. The van der Waals surface area contributed by atoms with E-state index in [0.717, 1.165) is 22.6 Å². The molecule has 2 nitrogen and oxygen atoms in total. The number of rotatable bonds is 10. The first kappa shape index (κ1) is 44.0. The molecule has 73 heavy (non-hydrogen) atoms. The van der Waals surface area contributed by atoms with Gasteiger partial charge in [0, 0.05) is 45.7 Å². The lowest BCUT2D eigenvalue weighted by atomic mass is 9.73. The van der Waals surface area contributed by atoms with Crippen molar-refractivity contribution in [3.8, 4) is 55.6 Å². The number of anilines is 5. The van der Waals surface area contributed by atoms with Gasteiger partial charge in [-0.3, -0.25) is 0 Å². The van der Waals surface area contributed by atoms with Gasteiger partial charge in [0.25, 0.3) is 0 Å². The van der Waals surface area contributed by atoms with Crippen LogP contribution in [0.3, 0.4) is 0 Å². The normalized spacial score (nSPS) is 19.0. The Bertz CT molecular complexity index is 3670. The standard InChI is InChI=1S/C71H54N2/c1-71-47-11-10-30-69(71)73(61-23-6-3-7-24-61)68-29-15-28-67(70(68)71)60-22-12-20-58(48-60)59-21-13-25-64(49-59)72(62-43-39-54(40-44-62)52-33-31-51(32-34-52)50-16-4-2-5-17-50)63-45-41-55(42-46-63)53-35-37-57(38-36-53)66-27-14-19-56-18-8-9-26-65(56)66/h2-49,56,65,69H,1H3. The summed E-state index contributed by atoms with van der Waals surface area (Å²) < 4.78 is 0. The van der Waals surface area contributed by atoms with Gasteiger partial charge in [-0.2, -0.15) is 0 Å². The van der Waals surface area contributed by atoms with Gasteiger partial charge in [-0.25, -0.2) is 0 Å². The van der Waals surface area contributed by atoms with E-state index in [0.29, 0.717) is 11.8 Å². The summed E-state index contributed by atoms with van der Waals surface area (Å²) >= 11 is 0. The molecular weight excluding hydrogens is 881 g/mol. The second kappa shape index (κ2) is 18.6. The van der Waals surface area contributed by atoms with Crippen molar-refractivity contribution in [2.75, 3.05) is 9.80 Å². The maximum Gasteiger partial charge on any atom is 0.0655 e. The van der Waals surface area contributed by atoms with Crippen LogP contribution in [0.15, 0.2) is 291 Å². The Balaban J connectivity index is 0.847. The predicted octanol–water partition coefficient (Wildman–Crippen LogP) is 18.7. The number of fused-ring (bicyclic) bond motifs is 4. The fraction of sp³-hybridized carbons (Fsp3) is 0.0704. The molecule has 0 aromatic heterocycles. The smallest absolute Gasteiger partial charge is 0.0655 e. The molecule has 0 bridgehead atoms. The second-order valence-corrected chi connectivity index (χ2v) is 19.8. The highest BCUT2D eigenvalue weighted by atomic mass is 15.2. The van der Waals surface area contributed by atoms with Crippen molar-refractivity contribution in [3.05, 3.63) is 302 Å². The molecule has 4 atom stereocenters. The average molecular weight is 935 g/mol. The van der Waals surface area contributed by atoms with Crippen LogP contribution in [0.25, 0.3) is 61.2 Å². The Kier molecular flexibility index (Phi) is 11.2. The van der Waals surface area contributed by atoms with Crippen molar-refractivity contribution < 1.29 is 0 Å². The zero-order valence-electron chi connectivity index (χ0n) is 40.8. The van der Waals surface area contributed by atoms with Crippen LogP contribution in [0.2, 0.25) is 0 Å². The van der Waals surface area contributed by atoms with Gasteiger partial charge >= 0.3 is 0 Å². The summed E-state index contributed by atoms with van der Waals surface area (Å²) in [6.07, 6.45) is 24.9. The van der Waals surface area contributed by atoms with Crippen LogP contribution in [-0.4, -0.2) is 6.04 Å². The molecule has 0 spiro atoms. The highest BCUT2D eigenvalue weighted by molar-refractivity contribution is 5.88. The van der Waals surface area contributed by atoms with Gasteiger partial charge in [0.15, 0.2) is 0 Å². The van der Waals surface area contributed by atoms with Gasteiger partial charge in [0.05, 0.1) is 6.04 Å². The molecule has 0 fully saturated rings. The first-order valence-corrected chi connectivity index (χ1v) is 25.6. The average Bonchev–Trinajstić information content (AvgIpc) is 3.75. The third-order valence-corrected chi connectivity index (χ3v) is 15.5. The van der Waals surface area contributed by atoms with Crippen molar-refractivity contribution in [2.24, 2.45) is 11.8 Å². The Hall–Kier alpha value is -8.98. The third-order valence-electron chi connectivity index (χ3n) is 15.5. The van der Waals surface area contributed by atoms with Gasteiger partial charge in [-0.1, -0.05) is 231 Å². The molecule has 348 valence electrons. The summed E-state index contributed by atoms with van der Waals surface area (Å²) in [6, 6.07) is 82.7. The van der Waals surface area contributed by atoms with Crippen LogP contribution in [0.4, 0.5) is 28.4 Å². The first-order valence-electron chi connectivity index (χ1n) is 25.6. The highest BCUT2D eigenvalue weighted by Gasteiger charge is 2.47. The lowest BCUT2D eigenvalue weighted by Gasteiger charge is -2.35. The van der Waals surface area contributed by atoms with E-state index in [1.54, 1.807) is 0 Å². The summed E-state index contributed by atoms with van der Waals surface area (Å²) in [4.78, 5) is 4.91. The number of hydrogen-bond donors (Lipinski definition) is 0. The number of benzene rings is 9. The molecule has 9 aromatic rings. The summed E-state index contributed by atoms with van der Waals surface area (Å²) in [5.41, 5.74) is 21.6. The molecule has 0 N–H and O–H groups in total. The Morgan fingerprint density at radius 2 is 0.890 bits per heavy atom. The lowest BCUT2D eigenvalue weighted by molar-refractivity contribution is 0.551. The van der Waals surface area contributed by atoms with E-state index in [4.69, 9.17) is 0 Å². The van der Waals surface area contributed by atoms with Crippen molar-refractivity contribution >= 4 is 34.0 Å². The Morgan fingerprint density at radius 1 is 0.384 bits per heavy atom. The Labute approximate surface area is 429 Å². The van der Waals surface area contributed by atoms with Crippen LogP contribution in [0.5, 0.6) is 0 Å². The largest absolute Gasteiger partial charge is 0.333 e. The van der Waals surface area contributed by atoms with Crippen molar-refractivity contribution in [3.63, 3.8) is 0 Å². The molecule has 1 aliphatic heterocycles. The molecule has 0 saturated heterocycles. The predicted molar refractivity (Wildman–Crippen MR) is 309 cm³/mol. The van der Waals surface area contributed by atoms with Crippen LogP contribution in [-0.2, 0) is 5.41 Å². The van der Waals surface area contributed by atoms with Crippen LogP contribution >= 0.6 is 0 Å². The van der Waals surface area contributed by atoms with Crippen LogP contribution in [0, 0.1) is 11.8 Å². The molecule has 0 amide bonds. The zero-order valence-corrected chi connectivity index (χ0v) is 40.8. The van der Waals surface area contributed by atoms with Crippen molar-refractivity contribution in [1.29, 1.82) is 0 Å². The lowest BCUT2D eigenvalue weighted by Crippen LogP contribution is -2.39. The molecule has 0 radical (unpaired) electrons. The highest BCUT2D eigenvalue weighted by Crippen LogP contribution is 2.55. The number of nitrogens with zero attached hydrogens (tertiary/aromatic N) is 2. The van der Waals surface area contributed by atoms with Crippen LogP contribution in [0.1, 0.15) is 18.1 Å². The van der Waals surface area contributed by atoms with Gasteiger partial charge in [-0.05, 0) is 140 Å². The molecule has 4 aliphatic rings. The number of allylic oxidation sites excluding steroid dienone is 10. The molecule has 1 heterocycles. The van der Waals surface area contributed by atoms with E-state index in [1.165, 1.54) is 78.1 Å². The van der Waals surface area contributed by atoms with E-state index in [-0.39, 0.29) is 11.5 Å². The SMILES string of the molecule is CC12C=CC=CC1N(c1ccccc1)c1cccc(-c3cccc(-c4cccc(N(c5ccc(-c6ccc(C7=CC=CC8C=CC=CC78)cc6)cc5)c5ccc(-c6ccc(-c7ccccc7)cc6)cc5)c4)c3)c12. The summed E-state index contributed by atoms with van der Waals surface area (Å²) in [6.45, 7) is 2.40. The van der Waals surface area contributed by atoms with Gasteiger partial charge < -0.3 is 9.80 Å². The van der Waals surface area contributed by atoms with E-state index in [9.17, 15) is 0 Å². The van der Waals surface area contributed by atoms with Gasteiger partial charge in [0.2, 0.25) is 0 Å². The molecule has 13 rings (SSSR count). The van der Waals surface area contributed by atoms with Gasteiger partial charge in [0.1, 0.15) is 0 Å². The van der Waals surface area contributed by atoms with E-state index in [1.807, 2.05) is 0 Å². The van der Waals surface area contributed by atoms with Gasteiger partial charge in [-0.15, -0.1) is 0 Å². The minimum absolute atomic E-state index is 0.174. The minimum atomic E-state index is -0.202. The van der Waals surface area contributed by atoms with Crippen molar-refractivity contribution in [1.82, 2.24) is 0 Å². The molecule has 2 heteroatoms. The van der Waals surface area contributed by atoms with E-state index >= 15 is 0 Å². The molecule has 4 unspecified atom stereocenters. The maximum atomic E-state index is 2.52. The summed E-state index contributed by atoms with van der Waals surface area (Å²) in [7, 11) is 0. The fourth-order valence-electron chi connectivity index (χ4n) is 11.8. The van der Waals surface area contributed by atoms with Crippen molar-refractivity contribution in [2.45, 2.75) is 18.4 Å². The summed E-state index contributed by atoms with van der Waals surface area (Å²) in [5, 5.41) is 0. The first-order chi connectivity index (χ1) is 36.1. The fourth-order valence-corrected chi connectivity index (χ4v) is 11.8. The topological polar surface area (TPSA) is 6.48 Å². The molecule has 3 aliphatic carbocycles. The number of para-hydroxylation sites is 1. The van der Waals surface area contributed by atoms with Crippen LogP contribution < -0.4 is 9.80 Å². The molecular formula is C71H54N2.